The van der Waals surface area contributed by atoms with Gasteiger partial charge < -0.3 is 20.1 Å². The minimum absolute atomic E-state index is 0.168. The Morgan fingerprint density at radius 3 is 2.38 bits per heavy atom. The molecule has 2 aromatic carbocycles. The summed E-state index contributed by atoms with van der Waals surface area (Å²) in [4.78, 5) is 25.9. The summed E-state index contributed by atoms with van der Waals surface area (Å²) in [6.45, 7) is 3.13. The second-order valence-corrected chi connectivity index (χ2v) is 9.56. The van der Waals surface area contributed by atoms with Gasteiger partial charge in [0.25, 0.3) is 17.4 Å². The SMILES string of the molecule is CCNC(=O)c1ccc(OCCCCC2CCN(C(=O)[C@](O)(c3ccccc3)C(F)(F)F)CC2)cc1Cl. The standard InChI is InChI=1S/C27H32ClF3N2O4/c1-2-32-24(34)22-12-11-21(18-23(22)28)37-17-7-6-8-19-13-15-33(16-14-19)25(35)26(36,27(29,30)31)20-9-4-3-5-10-20/h3-5,9-12,18-19,36H,2,6-8,13-17H2,1H3,(H,32,34)/t26-/m1/s1. The zero-order valence-electron chi connectivity index (χ0n) is 20.7. The number of carbonyl (C=O) groups excluding carboxylic acids is 2. The molecular weight excluding hydrogens is 509 g/mol. The molecular formula is C27H32ClF3N2O4. The smallest absolute Gasteiger partial charge is 0.430 e. The first-order valence-corrected chi connectivity index (χ1v) is 12.8. The van der Waals surface area contributed by atoms with Crippen molar-refractivity contribution in [1.29, 1.82) is 0 Å². The highest BCUT2D eigenvalue weighted by molar-refractivity contribution is 6.34. The molecule has 3 rings (SSSR count). The number of benzene rings is 2. The molecule has 1 saturated heterocycles. The average Bonchev–Trinajstić information content (AvgIpc) is 2.88. The molecule has 1 fully saturated rings. The lowest BCUT2D eigenvalue weighted by molar-refractivity contribution is -0.262. The van der Waals surface area contributed by atoms with Crippen LogP contribution in [-0.4, -0.2) is 54.2 Å². The highest BCUT2D eigenvalue weighted by Gasteiger charge is 2.62. The first-order valence-electron chi connectivity index (χ1n) is 12.4. The average molecular weight is 541 g/mol. The fourth-order valence-corrected chi connectivity index (χ4v) is 4.75. The number of rotatable bonds is 10. The fraction of sp³-hybridized carbons (Fsp3) is 0.481. The highest BCUT2D eigenvalue weighted by Crippen LogP contribution is 2.41. The lowest BCUT2D eigenvalue weighted by Gasteiger charge is -2.38. The predicted molar refractivity (Wildman–Crippen MR) is 135 cm³/mol. The van der Waals surface area contributed by atoms with Crippen LogP contribution in [0, 0.1) is 5.92 Å². The van der Waals surface area contributed by atoms with E-state index in [1.165, 1.54) is 18.2 Å². The molecule has 0 aliphatic carbocycles. The van der Waals surface area contributed by atoms with Gasteiger partial charge in [0.2, 0.25) is 0 Å². The Balaban J connectivity index is 1.43. The first-order chi connectivity index (χ1) is 17.6. The molecule has 0 saturated carbocycles. The van der Waals surface area contributed by atoms with E-state index < -0.39 is 23.2 Å². The van der Waals surface area contributed by atoms with E-state index in [1.807, 2.05) is 6.92 Å². The van der Waals surface area contributed by atoms with Crippen LogP contribution in [0.2, 0.25) is 5.02 Å². The lowest BCUT2D eigenvalue weighted by Crippen LogP contribution is -2.57. The molecule has 0 unspecified atom stereocenters. The number of piperidine rings is 1. The van der Waals surface area contributed by atoms with Crippen molar-refractivity contribution in [2.75, 3.05) is 26.2 Å². The van der Waals surface area contributed by atoms with Gasteiger partial charge in [0, 0.05) is 25.2 Å². The molecule has 202 valence electrons. The summed E-state index contributed by atoms with van der Waals surface area (Å²) >= 11 is 6.18. The quantitative estimate of drug-likeness (QED) is 0.399. The van der Waals surface area contributed by atoms with Crippen molar-refractivity contribution in [3.8, 4) is 5.75 Å². The van der Waals surface area contributed by atoms with Crippen LogP contribution in [-0.2, 0) is 10.4 Å². The molecule has 2 amide bonds. The second-order valence-electron chi connectivity index (χ2n) is 9.16. The van der Waals surface area contributed by atoms with Crippen LogP contribution in [0.1, 0.15) is 54.9 Å². The van der Waals surface area contributed by atoms with E-state index in [9.17, 15) is 27.9 Å². The summed E-state index contributed by atoms with van der Waals surface area (Å²) in [6.07, 6.45) is -1.48. The lowest BCUT2D eigenvalue weighted by atomic mass is 9.88. The Hall–Kier alpha value is -2.78. The van der Waals surface area contributed by atoms with Crippen molar-refractivity contribution < 1.29 is 32.6 Å². The van der Waals surface area contributed by atoms with Crippen LogP contribution in [0.5, 0.6) is 5.75 Å². The molecule has 10 heteroatoms. The summed E-state index contributed by atoms with van der Waals surface area (Å²) in [7, 11) is 0. The molecule has 2 aromatic rings. The van der Waals surface area contributed by atoms with Crippen molar-refractivity contribution in [2.45, 2.75) is 50.8 Å². The third-order valence-electron chi connectivity index (χ3n) is 6.61. The number of likely N-dealkylation sites (tertiary alicyclic amines) is 1. The maximum absolute atomic E-state index is 13.8. The molecule has 2 N–H and O–H groups in total. The van der Waals surface area contributed by atoms with E-state index in [0.29, 0.717) is 42.3 Å². The zero-order valence-corrected chi connectivity index (χ0v) is 21.4. The fourth-order valence-electron chi connectivity index (χ4n) is 4.49. The van der Waals surface area contributed by atoms with Gasteiger partial charge in [-0.25, -0.2) is 0 Å². The number of hydrogen-bond donors (Lipinski definition) is 2. The number of alkyl halides is 3. The van der Waals surface area contributed by atoms with Crippen LogP contribution >= 0.6 is 11.6 Å². The van der Waals surface area contributed by atoms with Crippen molar-refractivity contribution in [2.24, 2.45) is 5.92 Å². The van der Waals surface area contributed by atoms with Crippen molar-refractivity contribution >= 4 is 23.4 Å². The van der Waals surface area contributed by atoms with Gasteiger partial charge in [0.05, 0.1) is 17.2 Å². The molecule has 0 spiro atoms. The molecule has 6 nitrogen and oxygen atoms in total. The third-order valence-corrected chi connectivity index (χ3v) is 6.92. The van der Waals surface area contributed by atoms with Gasteiger partial charge in [-0.3, -0.25) is 9.59 Å². The summed E-state index contributed by atoms with van der Waals surface area (Å²) in [5.41, 5.74) is -3.65. The predicted octanol–water partition coefficient (Wildman–Crippen LogP) is 5.33. The van der Waals surface area contributed by atoms with Crippen LogP contribution in [0.4, 0.5) is 13.2 Å². The Bertz CT molecular complexity index is 1060. The number of amides is 2. The van der Waals surface area contributed by atoms with E-state index in [0.717, 1.165) is 36.3 Å². The maximum Gasteiger partial charge on any atom is 0.430 e. The maximum atomic E-state index is 13.8. The number of hydrogen-bond acceptors (Lipinski definition) is 4. The third kappa shape index (κ3) is 6.96. The van der Waals surface area contributed by atoms with Gasteiger partial charge >= 0.3 is 6.18 Å². The number of halogens is 4. The van der Waals surface area contributed by atoms with Gasteiger partial charge in [-0.2, -0.15) is 13.2 Å². The molecule has 0 radical (unpaired) electrons. The Kier molecular flexibility index (Phi) is 9.84. The summed E-state index contributed by atoms with van der Waals surface area (Å²) in [6, 6.07) is 11.4. The minimum atomic E-state index is -5.13. The summed E-state index contributed by atoms with van der Waals surface area (Å²) in [5.74, 6) is -0.712. The number of nitrogens with zero attached hydrogens (tertiary/aromatic N) is 1. The Morgan fingerprint density at radius 1 is 1.11 bits per heavy atom. The Labute approximate surface area is 219 Å². The van der Waals surface area contributed by atoms with Gasteiger partial charge in [-0.1, -0.05) is 48.4 Å². The molecule has 37 heavy (non-hydrogen) atoms. The van der Waals surface area contributed by atoms with E-state index in [4.69, 9.17) is 16.3 Å². The monoisotopic (exact) mass is 540 g/mol. The largest absolute Gasteiger partial charge is 0.494 e. The van der Waals surface area contributed by atoms with Crippen LogP contribution in [0.25, 0.3) is 0 Å². The number of nitrogens with one attached hydrogen (secondary N) is 1. The topological polar surface area (TPSA) is 78.9 Å². The molecule has 1 aliphatic rings. The van der Waals surface area contributed by atoms with Crippen molar-refractivity contribution in [3.63, 3.8) is 0 Å². The van der Waals surface area contributed by atoms with E-state index in [-0.39, 0.29) is 24.9 Å². The van der Waals surface area contributed by atoms with Crippen molar-refractivity contribution in [1.82, 2.24) is 10.2 Å². The first kappa shape index (κ1) is 28.8. The zero-order chi connectivity index (χ0) is 27.1. The number of ether oxygens (including phenoxy) is 1. The van der Waals surface area contributed by atoms with Crippen LogP contribution in [0.15, 0.2) is 48.5 Å². The highest BCUT2D eigenvalue weighted by atomic mass is 35.5. The van der Waals surface area contributed by atoms with Gasteiger partial charge in [-0.05, 0) is 56.7 Å². The number of unbranched alkanes of at least 4 members (excludes halogenated alkanes) is 1. The van der Waals surface area contributed by atoms with E-state index in [2.05, 4.69) is 5.32 Å². The molecule has 1 heterocycles. The molecule has 1 aliphatic heterocycles. The number of aliphatic hydroxyl groups is 1. The second kappa shape index (κ2) is 12.6. The van der Waals surface area contributed by atoms with Gasteiger partial charge in [-0.15, -0.1) is 0 Å². The van der Waals surface area contributed by atoms with Gasteiger partial charge in [0.15, 0.2) is 0 Å². The summed E-state index contributed by atoms with van der Waals surface area (Å²) in [5, 5.41) is 13.5. The van der Waals surface area contributed by atoms with E-state index >= 15 is 0 Å². The molecule has 0 aromatic heterocycles. The van der Waals surface area contributed by atoms with Gasteiger partial charge in [0.1, 0.15) is 5.75 Å². The minimum Gasteiger partial charge on any atom is -0.494 e. The molecule has 1 atom stereocenters. The molecule has 0 bridgehead atoms. The number of carbonyl (C=O) groups is 2. The van der Waals surface area contributed by atoms with Crippen LogP contribution < -0.4 is 10.1 Å². The Morgan fingerprint density at radius 2 is 1.78 bits per heavy atom. The van der Waals surface area contributed by atoms with Crippen molar-refractivity contribution in [3.05, 3.63) is 64.7 Å². The summed E-state index contributed by atoms with van der Waals surface area (Å²) < 4.78 is 47.2. The van der Waals surface area contributed by atoms with Crippen LogP contribution in [0.3, 0.4) is 0 Å². The normalized spacial score (nSPS) is 16.2. The van der Waals surface area contributed by atoms with E-state index in [1.54, 1.807) is 18.2 Å².